The van der Waals surface area contributed by atoms with Crippen LogP contribution in [0.4, 0.5) is 0 Å². The molecule has 172 valence electrons. The number of methoxy groups -OCH3 is 1. The lowest BCUT2D eigenvalue weighted by Gasteiger charge is -2.17. The lowest BCUT2D eigenvalue weighted by molar-refractivity contribution is -0.116. The molecule has 0 aliphatic carbocycles. The van der Waals surface area contributed by atoms with E-state index in [0.717, 1.165) is 17.4 Å². The Morgan fingerprint density at radius 2 is 1.75 bits per heavy atom. The van der Waals surface area contributed by atoms with Crippen LogP contribution in [-0.4, -0.2) is 58.3 Å². The molecule has 0 atom stereocenters. The molecule has 2 aromatic carbocycles. The molecule has 2 N–H and O–H groups in total. The van der Waals surface area contributed by atoms with Crippen molar-refractivity contribution in [3.8, 4) is 5.75 Å². The smallest absolute Gasteiger partial charge is 0.251 e. The Labute approximate surface area is 189 Å². The average molecular weight is 460 g/mol. The van der Waals surface area contributed by atoms with Crippen LogP contribution < -0.4 is 15.4 Å². The minimum absolute atomic E-state index is 0.0979. The molecular weight excluding hydrogens is 430 g/mol. The van der Waals surface area contributed by atoms with Gasteiger partial charge in [-0.05, 0) is 54.8 Å². The molecule has 0 saturated heterocycles. The Kier molecular flexibility index (Phi) is 9.42. The second kappa shape index (κ2) is 12.0. The SMILES string of the molecule is C=CC(=O)NCCCN(C)S(=O)(=O)c1ccc(C(=O)NCCc2ccccc2OC)cc1. The van der Waals surface area contributed by atoms with Crippen LogP contribution in [0.15, 0.2) is 66.1 Å². The number of sulfonamides is 1. The van der Waals surface area contributed by atoms with Crippen molar-refractivity contribution in [1.82, 2.24) is 14.9 Å². The third-order valence-electron chi connectivity index (χ3n) is 4.83. The number of benzene rings is 2. The summed E-state index contributed by atoms with van der Waals surface area (Å²) < 4.78 is 31.9. The first-order valence-electron chi connectivity index (χ1n) is 10.2. The highest BCUT2D eigenvalue weighted by Crippen LogP contribution is 2.18. The van der Waals surface area contributed by atoms with Crippen molar-refractivity contribution in [2.24, 2.45) is 0 Å². The molecule has 8 nitrogen and oxygen atoms in total. The molecule has 2 aromatic rings. The minimum Gasteiger partial charge on any atom is -0.496 e. The van der Waals surface area contributed by atoms with Crippen molar-refractivity contribution in [2.75, 3.05) is 33.8 Å². The number of carbonyl (C=O) groups is 2. The molecular formula is C23H29N3O5S. The minimum atomic E-state index is -3.69. The topological polar surface area (TPSA) is 105 Å². The summed E-state index contributed by atoms with van der Waals surface area (Å²) in [6.07, 6.45) is 2.24. The van der Waals surface area contributed by atoms with Gasteiger partial charge in [-0.2, -0.15) is 0 Å². The van der Waals surface area contributed by atoms with Gasteiger partial charge in [-0.25, -0.2) is 12.7 Å². The van der Waals surface area contributed by atoms with Crippen molar-refractivity contribution in [3.05, 3.63) is 72.3 Å². The van der Waals surface area contributed by atoms with Gasteiger partial charge in [0, 0.05) is 32.2 Å². The van der Waals surface area contributed by atoms with E-state index >= 15 is 0 Å². The maximum atomic E-state index is 12.7. The first-order chi connectivity index (χ1) is 15.3. The number of rotatable bonds is 12. The van der Waals surface area contributed by atoms with Crippen molar-refractivity contribution in [1.29, 1.82) is 0 Å². The monoisotopic (exact) mass is 459 g/mol. The number of amides is 2. The summed E-state index contributed by atoms with van der Waals surface area (Å²) in [6, 6.07) is 13.4. The number of ether oxygens (including phenoxy) is 1. The largest absolute Gasteiger partial charge is 0.496 e. The number of nitrogens with one attached hydrogen (secondary N) is 2. The molecule has 0 radical (unpaired) electrons. The number of nitrogens with zero attached hydrogens (tertiary/aromatic N) is 1. The zero-order valence-corrected chi connectivity index (χ0v) is 19.2. The van der Waals surface area contributed by atoms with Crippen LogP contribution in [0.5, 0.6) is 5.75 Å². The highest BCUT2D eigenvalue weighted by molar-refractivity contribution is 7.89. The number of para-hydroxylation sites is 1. The molecule has 0 aliphatic heterocycles. The van der Waals surface area contributed by atoms with E-state index in [2.05, 4.69) is 17.2 Å². The molecule has 0 bridgehead atoms. The van der Waals surface area contributed by atoms with Gasteiger partial charge in [-0.3, -0.25) is 9.59 Å². The molecule has 0 spiro atoms. The standard InChI is InChI=1S/C23H29N3O5S/c1-4-22(27)24-15-7-17-26(2)32(29,30)20-12-10-19(11-13-20)23(28)25-16-14-18-8-5-6-9-21(18)31-3/h4-6,8-13H,1,7,14-17H2,2-3H3,(H,24,27)(H,25,28). The van der Waals surface area contributed by atoms with Gasteiger partial charge in [0.1, 0.15) is 5.75 Å². The highest BCUT2D eigenvalue weighted by Gasteiger charge is 2.20. The third kappa shape index (κ3) is 6.93. The van der Waals surface area contributed by atoms with Gasteiger partial charge >= 0.3 is 0 Å². The summed E-state index contributed by atoms with van der Waals surface area (Å²) in [6.45, 7) is 4.37. The molecule has 2 amide bonds. The predicted octanol–water partition coefficient (Wildman–Crippen LogP) is 1.98. The molecule has 0 unspecified atom stereocenters. The van der Waals surface area contributed by atoms with Gasteiger partial charge in [0.15, 0.2) is 0 Å². The second-order valence-electron chi connectivity index (χ2n) is 7.02. The van der Waals surface area contributed by atoms with Crippen LogP contribution in [0.1, 0.15) is 22.3 Å². The second-order valence-corrected chi connectivity index (χ2v) is 9.06. The van der Waals surface area contributed by atoms with Gasteiger partial charge in [-0.15, -0.1) is 0 Å². The van der Waals surface area contributed by atoms with Gasteiger partial charge in [0.25, 0.3) is 5.91 Å². The Balaban J connectivity index is 1.89. The van der Waals surface area contributed by atoms with Crippen LogP contribution in [-0.2, 0) is 21.2 Å². The maximum Gasteiger partial charge on any atom is 0.251 e. The summed E-state index contributed by atoms with van der Waals surface area (Å²) in [5.41, 5.74) is 1.36. The summed E-state index contributed by atoms with van der Waals surface area (Å²) in [4.78, 5) is 23.6. The van der Waals surface area contributed by atoms with E-state index in [-0.39, 0.29) is 23.3 Å². The molecule has 0 saturated carbocycles. The number of hydrogen-bond donors (Lipinski definition) is 2. The molecule has 0 aromatic heterocycles. The maximum absolute atomic E-state index is 12.7. The van der Waals surface area contributed by atoms with Gasteiger partial charge < -0.3 is 15.4 Å². The van der Waals surface area contributed by atoms with Gasteiger partial charge in [0.05, 0.1) is 12.0 Å². The number of hydrogen-bond acceptors (Lipinski definition) is 5. The third-order valence-corrected chi connectivity index (χ3v) is 6.70. The lowest BCUT2D eigenvalue weighted by atomic mass is 10.1. The Morgan fingerprint density at radius 3 is 2.41 bits per heavy atom. The van der Waals surface area contributed by atoms with E-state index in [4.69, 9.17) is 4.74 Å². The molecule has 0 heterocycles. The summed E-state index contributed by atoms with van der Waals surface area (Å²) in [5.74, 6) is 0.186. The van der Waals surface area contributed by atoms with E-state index in [1.165, 1.54) is 35.6 Å². The molecule has 0 fully saturated rings. The fraction of sp³-hybridized carbons (Fsp3) is 0.304. The van der Waals surface area contributed by atoms with Crippen molar-refractivity contribution >= 4 is 21.8 Å². The zero-order valence-electron chi connectivity index (χ0n) is 18.3. The van der Waals surface area contributed by atoms with Crippen LogP contribution in [0.3, 0.4) is 0 Å². The highest BCUT2D eigenvalue weighted by atomic mass is 32.2. The summed E-state index contributed by atoms with van der Waals surface area (Å²) in [7, 11) is -0.616. The van der Waals surface area contributed by atoms with Gasteiger partial charge in [0.2, 0.25) is 15.9 Å². The fourth-order valence-electron chi connectivity index (χ4n) is 2.99. The van der Waals surface area contributed by atoms with E-state index in [0.29, 0.717) is 31.5 Å². The Bertz CT molecular complexity index is 1040. The van der Waals surface area contributed by atoms with Crippen molar-refractivity contribution < 1.29 is 22.7 Å². The van der Waals surface area contributed by atoms with E-state index in [9.17, 15) is 18.0 Å². The molecule has 32 heavy (non-hydrogen) atoms. The van der Waals surface area contributed by atoms with Crippen LogP contribution in [0.25, 0.3) is 0 Å². The first-order valence-corrected chi connectivity index (χ1v) is 11.6. The Hall–Kier alpha value is -3.17. The van der Waals surface area contributed by atoms with E-state index < -0.39 is 10.0 Å². The quantitative estimate of drug-likeness (QED) is 0.373. The average Bonchev–Trinajstić information content (AvgIpc) is 2.81. The normalized spacial score (nSPS) is 11.1. The lowest BCUT2D eigenvalue weighted by Crippen LogP contribution is -2.31. The van der Waals surface area contributed by atoms with E-state index in [1.54, 1.807) is 7.11 Å². The zero-order chi connectivity index (χ0) is 23.6. The Morgan fingerprint density at radius 1 is 1.06 bits per heavy atom. The van der Waals surface area contributed by atoms with E-state index in [1.807, 2.05) is 24.3 Å². The molecule has 9 heteroatoms. The van der Waals surface area contributed by atoms with Gasteiger partial charge in [-0.1, -0.05) is 24.8 Å². The fourth-order valence-corrected chi connectivity index (χ4v) is 4.20. The summed E-state index contributed by atoms with van der Waals surface area (Å²) in [5, 5.41) is 5.43. The number of carbonyl (C=O) groups excluding carboxylic acids is 2. The first kappa shape index (κ1) is 25.1. The molecule has 2 rings (SSSR count). The van der Waals surface area contributed by atoms with Crippen LogP contribution in [0, 0.1) is 0 Å². The molecule has 0 aliphatic rings. The predicted molar refractivity (Wildman–Crippen MR) is 123 cm³/mol. The van der Waals surface area contributed by atoms with Crippen molar-refractivity contribution in [2.45, 2.75) is 17.7 Å². The van der Waals surface area contributed by atoms with Crippen molar-refractivity contribution in [3.63, 3.8) is 0 Å². The van der Waals surface area contributed by atoms with Crippen LogP contribution >= 0.6 is 0 Å². The summed E-state index contributed by atoms with van der Waals surface area (Å²) >= 11 is 0. The van der Waals surface area contributed by atoms with Crippen LogP contribution in [0.2, 0.25) is 0 Å².